The molecule has 6 atom stereocenters. The molecule has 14 heteroatoms. The molecule has 1 saturated carbocycles. The summed E-state index contributed by atoms with van der Waals surface area (Å²) in [6.45, 7) is 0. The summed E-state index contributed by atoms with van der Waals surface area (Å²) in [5.74, 6) is 2.15. The van der Waals surface area contributed by atoms with Crippen LogP contribution in [-0.4, -0.2) is 69.4 Å². The molecule has 5 N–H and O–H groups in total. The van der Waals surface area contributed by atoms with Gasteiger partial charge in [-0.25, -0.2) is 9.59 Å². The highest BCUT2D eigenvalue weighted by Gasteiger charge is 2.62. The molecule has 1 unspecified atom stereocenters. The Morgan fingerprint density at radius 2 is 1.88 bits per heavy atom. The van der Waals surface area contributed by atoms with E-state index in [2.05, 4.69) is 16.0 Å². The Morgan fingerprint density at radius 1 is 1.21 bits per heavy atom. The highest BCUT2D eigenvalue weighted by molar-refractivity contribution is 6.32. The quantitative estimate of drug-likeness (QED) is 0.381. The van der Waals surface area contributed by atoms with Gasteiger partial charge in [0.25, 0.3) is 5.60 Å². The number of fused-ring (bicyclic) bond motifs is 1. The third kappa shape index (κ3) is 4.23. The smallest absolute Gasteiger partial charge is 0.445 e. The van der Waals surface area contributed by atoms with Crippen LogP contribution in [0, 0.1) is 17.8 Å². The molecule has 1 amide bonds. The van der Waals surface area contributed by atoms with Crippen molar-refractivity contribution in [3.63, 3.8) is 0 Å². The lowest BCUT2D eigenvalue weighted by Crippen LogP contribution is -2.61. The van der Waals surface area contributed by atoms with Gasteiger partial charge in [0, 0.05) is 17.5 Å². The first-order chi connectivity index (χ1) is 15.8. The van der Waals surface area contributed by atoms with Gasteiger partial charge in [0.15, 0.2) is 6.10 Å². The van der Waals surface area contributed by atoms with E-state index >= 15 is 0 Å². The second kappa shape index (κ2) is 8.47. The summed E-state index contributed by atoms with van der Waals surface area (Å²) in [4.78, 5) is 23.3. The van der Waals surface area contributed by atoms with Crippen LogP contribution < -0.4 is 10.1 Å². The van der Waals surface area contributed by atoms with Crippen LogP contribution in [-0.2, 0) is 19.9 Å². The number of alkyl halides is 3. The number of ether oxygens (including phenoxy) is 3. The zero-order valence-corrected chi connectivity index (χ0v) is 17.6. The minimum Gasteiger partial charge on any atom is -0.479 e. The van der Waals surface area contributed by atoms with Crippen molar-refractivity contribution in [1.29, 1.82) is 0 Å². The molecule has 2 fully saturated rings. The number of halogens is 4. The molecule has 1 saturated heterocycles. The molecular formula is C20H17ClF3NO9. The minimum atomic E-state index is -5.13. The Bertz CT molecular complexity index is 1080. The van der Waals surface area contributed by atoms with E-state index in [1.807, 2.05) is 5.92 Å². The van der Waals surface area contributed by atoms with E-state index in [0.29, 0.717) is 12.8 Å². The second-order valence-electron chi connectivity index (χ2n) is 7.92. The molecule has 0 aromatic heterocycles. The number of carboxylic acid groups (broad SMARTS) is 1. The SMILES string of the molecule is O=C1Nc2cc(O[C@@H]3O[C@H](C(=O)O)[C@@H](O)[C@H](O)[C@H]3O)c(Cl)cc2C(C#CC2CC2)(C(F)(F)F)O1. The number of hydrogen-bond acceptors (Lipinski definition) is 8. The molecule has 0 spiro atoms. The monoisotopic (exact) mass is 507 g/mol. The zero-order valence-electron chi connectivity index (χ0n) is 16.9. The maximum Gasteiger partial charge on any atom is 0.445 e. The van der Waals surface area contributed by atoms with Crippen LogP contribution >= 0.6 is 11.6 Å². The van der Waals surface area contributed by atoms with Crippen molar-refractivity contribution < 1.29 is 57.4 Å². The van der Waals surface area contributed by atoms with Gasteiger partial charge in [-0.15, -0.1) is 0 Å². The van der Waals surface area contributed by atoms with Gasteiger partial charge in [0.1, 0.15) is 24.1 Å². The van der Waals surface area contributed by atoms with E-state index in [4.69, 9.17) is 26.2 Å². The molecule has 2 heterocycles. The summed E-state index contributed by atoms with van der Waals surface area (Å²) in [6.07, 6.45) is -15.1. The van der Waals surface area contributed by atoms with Crippen molar-refractivity contribution in [3.8, 4) is 17.6 Å². The van der Waals surface area contributed by atoms with Crippen LogP contribution in [0.3, 0.4) is 0 Å². The Labute approximate surface area is 194 Å². The molecule has 1 aromatic rings. The number of rotatable bonds is 3. The minimum absolute atomic E-state index is 0.247. The van der Waals surface area contributed by atoms with Crippen LogP contribution in [0.5, 0.6) is 5.75 Å². The second-order valence-corrected chi connectivity index (χ2v) is 8.33. The fourth-order valence-electron chi connectivity index (χ4n) is 3.45. The maximum absolute atomic E-state index is 14.1. The predicted octanol–water partition coefficient (Wildman–Crippen LogP) is 1.34. The van der Waals surface area contributed by atoms with Gasteiger partial charge in [-0.2, -0.15) is 13.2 Å². The number of carbonyl (C=O) groups excluding carboxylic acids is 1. The number of carboxylic acids is 1. The predicted molar refractivity (Wildman–Crippen MR) is 105 cm³/mol. The lowest BCUT2D eigenvalue weighted by atomic mass is 9.90. The van der Waals surface area contributed by atoms with Gasteiger partial charge in [-0.05, 0) is 24.8 Å². The van der Waals surface area contributed by atoms with E-state index in [1.165, 1.54) is 0 Å². The third-order valence-corrected chi connectivity index (χ3v) is 5.71. The number of anilines is 1. The lowest BCUT2D eigenvalue weighted by molar-refractivity contribution is -0.271. The molecule has 34 heavy (non-hydrogen) atoms. The van der Waals surface area contributed by atoms with Crippen LogP contribution in [0.15, 0.2) is 12.1 Å². The van der Waals surface area contributed by atoms with Gasteiger partial charge in [0.2, 0.25) is 6.29 Å². The molecule has 184 valence electrons. The fourth-order valence-corrected chi connectivity index (χ4v) is 3.66. The molecular weight excluding hydrogens is 491 g/mol. The number of hydrogen-bond donors (Lipinski definition) is 5. The fraction of sp³-hybridized carbons (Fsp3) is 0.500. The first kappa shape index (κ1) is 24.4. The van der Waals surface area contributed by atoms with Gasteiger partial charge in [0.05, 0.1) is 10.7 Å². The van der Waals surface area contributed by atoms with Gasteiger partial charge < -0.3 is 34.6 Å². The number of aliphatic hydroxyl groups is 3. The first-order valence-electron chi connectivity index (χ1n) is 9.86. The topological polar surface area (TPSA) is 155 Å². The summed E-state index contributed by atoms with van der Waals surface area (Å²) in [7, 11) is 0. The molecule has 2 aliphatic heterocycles. The highest BCUT2D eigenvalue weighted by atomic mass is 35.5. The Hall–Kier alpha value is -2.76. The number of aliphatic hydroxyl groups excluding tert-OH is 3. The van der Waals surface area contributed by atoms with Gasteiger partial charge in [-0.1, -0.05) is 17.5 Å². The molecule has 1 aromatic carbocycles. The van der Waals surface area contributed by atoms with Crippen LogP contribution in [0.4, 0.5) is 23.7 Å². The molecule has 0 bridgehead atoms. The molecule has 4 rings (SSSR count). The summed E-state index contributed by atoms with van der Waals surface area (Å²) in [6, 6.07) is 1.69. The third-order valence-electron chi connectivity index (χ3n) is 5.42. The number of aliphatic carboxylic acids is 1. The van der Waals surface area contributed by atoms with E-state index in [1.54, 1.807) is 0 Å². The van der Waals surface area contributed by atoms with Crippen molar-refractivity contribution in [2.45, 2.75) is 55.3 Å². The summed E-state index contributed by atoms with van der Waals surface area (Å²) >= 11 is 6.11. The molecule has 3 aliphatic rings. The van der Waals surface area contributed by atoms with E-state index in [9.17, 15) is 38.1 Å². The number of cyclic esters (lactones) is 1. The van der Waals surface area contributed by atoms with Gasteiger partial charge in [-0.3, -0.25) is 5.32 Å². The highest BCUT2D eigenvalue weighted by Crippen LogP contribution is 2.50. The van der Waals surface area contributed by atoms with E-state index in [0.717, 1.165) is 12.1 Å². The standard InChI is InChI=1S/C20H17ClF3NO9/c21-9-5-8-10(25-18(31)34-19(8,20(22,23)24)4-3-7-1-2-7)6-11(9)32-17-14(28)12(26)13(27)15(33-17)16(29)30/h5-7,12-15,17,26-28H,1-2H2,(H,25,31)(H,29,30)/t12-,13-,14+,15-,17+,19?/m0/s1. The number of nitrogens with one attached hydrogen (secondary N) is 1. The Kier molecular flexibility index (Phi) is 6.07. The van der Waals surface area contributed by atoms with Crippen molar-refractivity contribution >= 4 is 29.4 Å². The average molecular weight is 508 g/mol. The normalized spacial score (nSPS) is 33.0. The Balaban J connectivity index is 1.72. The first-order valence-corrected chi connectivity index (χ1v) is 10.2. The number of benzene rings is 1. The number of carbonyl (C=O) groups is 2. The van der Waals surface area contributed by atoms with Crippen molar-refractivity contribution in [1.82, 2.24) is 0 Å². The summed E-state index contributed by atoms with van der Waals surface area (Å²) in [5.41, 5.74) is -4.34. The molecule has 1 aliphatic carbocycles. The van der Waals surface area contributed by atoms with Crippen LogP contribution in [0.25, 0.3) is 0 Å². The van der Waals surface area contributed by atoms with Crippen molar-refractivity contribution in [3.05, 3.63) is 22.7 Å². The zero-order chi connectivity index (χ0) is 25.0. The average Bonchev–Trinajstić information content (AvgIpc) is 3.56. The maximum atomic E-state index is 14.1. The summed E-state index contributed by atoms with van der Waals surface area (Å²) in [5, 5.41) is 40.5. The number of amides is 1. The molecule has 0 radical (unpaired) electrons. The summed E-state index contributed by atoms with van der Waals surface area (Å²) < 4.78 is 57.3. The largest absolute Gasteiger partial charge is 0.479 e. The Morgan fingerprint density at radius 3 is 2.47 bits per heavy atom. The van der Waals surface area contributed by atoms with Crippen LogP contribution in [0.2, 0.25) is 5.02 Å². The lowest BCUT2D eigenvalue weighted by Gasteiger charge is -2.39. The van der Waals surface area contributed by atoms with E-state index in [-0.39, 0.29) is 5.92 Å². The van der Waals surface area contributed by atoms with Crippen molar-refractivity contribution in [2.24, 2.45) is 5.92 Å². The van der Waals surface area contributed by atoms with Crippen molar-refractivity contribution in [2.75, 3.05) is 5.32 Å². The molecule has 10 nitrogen and oxygen atoms in total. The van der Waals surface area contributed by atoms with Gasteiger partial charge >= 0.3 is 18.2 Å². The van der Waals surface area contributed by atoms with Crippen LogP contribution in [0.1, 0.15) is 18.4 Å². The van der Waals surface area contributed by atoms with E-state index < -0.39 is 76.6 Å².